The number of nitrogens with one attached hydrogen (secondary N) is 1. The summed E-state index contributed by atoms with van der Waals surface area (Å²) in [5.74, 6) is 0.555. The Bertz CT molecular complexity index is 485. The van der Waals surface area contributed by atoms with Crippen molar-refractivity contribution in [1.82, 2.24) is 10.3 Å². The van der Waals surface area contributed by atoms with Gasteiger partial charge in [-0.2, -0.15) is 0 Å². The fraction of sp³-hybridized carbons (Fsp3) is 0.250. The van der Waals surface area contributed by atoms with Crippen LogP contribution in [0.2, 0.25) is 0 Å². The van der Waals surface area contributed by atoms with Gasteiger partial charge >= 0.3 is 0 Å². The molecule has 0 aliphatic carbocycles. The van der Waals surface area contributed by atoms with E-state index in [1.54, 1.807) is 23.5 Å². The second-order valence-corrected chi connectivity index (χ2v) is 5.44. The van der Waals surface area contributed by atoms with Crippen molar-refractivity contribution in [2.24, 2.45) is 0 Å². The zero-order valence-electron chi connectivity index (χ0n) is 9.44. The third-order valence-electron chi connectivity index (χ3n) is 2.15. The van der Waals surface area contributed by atoms with Crippen molar-refractivity contribution in [2.45, 2.75) is 17.2 Å². The lowest BCUT2D eigenvalue weighted by Gasteiger charge is -2.00. The van der Waals surface area contributed by atoms with Gasteiger partial charge in [-0.3, -0.25) is 0 Å². The quantitative estimate of drug-likeness (QED) is 0.842. The standard InChI is InChI=1S/C12H13FN2S2/c1-14-6-9-7-17-12(15-9)8-16-11-5-3-2-4-10(11)13/h2-5,7,14H,6,8H2,1H3. The smallest absolute Gasteiger partial charge is 0.136 e. The predicted octanol–water partition coefficient (Wildman–Crippen LogP) is 3.29. The molecule has 0 saturated heterocycles. The molecule has 2 nitrogen and oxygen atoms in total. The summed E-state index contributed by atoms with van der Waals surface area (Å²) in [6.07, 6.45) is 0. The maximum Gasteiger partial charge on any atom is 0.136 e. The van der Waals surface area contributed by atoms with E-state index in [1.807, 2.05) is 18.5 Å². The van der Waals surface area contributed by atoms with Crippen molar-refractivity contribution in [3.63, 3.8) is 0 Å². The highest BCUT2D eigenvalue weighted by Gasteiger charge is 2.05. The lowest BCUT2D eigenvalue weighted by atomic mass is 10.3. The first-order valence-electron chi connectivity index (χ1n) is 5.25. The summed E-state index contributed by atoms with van der Waals surface area (Å²) >= 11 is 3.10. The Morgan fingerprint density at radius 1 is 1.41 bits per heavy atom. The highest BCUT2D eigenvalue weighted by molar-refractivity contribution is 7.98. The van der Waals surface area contributed by atoms with Gasteiger partial charge in [0.15, 0.2) is 0 Å². The van der Waals surface area contributed by atoms with Crippen molar-refractivity contribution in [3.8, 4) is 0 Å². The van der Waals surface area contributed by atoms with Gasteiger partial charge in [0, 0.05) is 16.8 Å². The van der Waals surface area contributed by atoms with Crippen molar-refractivity contribution in [2.75, 3.05) is 7.05 Å². The van der Waals surface area contributed by atoms with Crippen LogP contribution in [-0.2, 0) is 12.3 Å². The fourth-order valence-corrected chi connectivity index (χ4v) is 3.13. The van der Waals surface area contributed by atoms with Crippen LogP contribution in [0, 0.1) is 5.82 Å². The maximum absolute atomic E-state index is 13.4. The van der Waals surface area contributed by atoms with Gasteiger partial charge < -0.3 is 5.32 Å². The molecular formula is C12H13FN2S2. The zero-order valence-corrected chi connectivity index (χ0v) is 11.1. The molecule has 0 aliphatic heterocycles. The minimum Gasteiger partial charge on any atom is -0.314 e. The number of thiazole rings is 1. The maximum atomic E-state index is 13.4. The van der Waals surface area contributed by atoms with Crippen molar-refractivity contribution >= 4 is 23.1 Å². The van der Waals surface area contributed by atoms with E-state index in [2.05, 4.69) is 10.3 Å². The Morgan fingerprint density at radius 2 is 2.24 bits per heavy atom. The van der Waals surface area contributed by atoms with Gasteiger partial charge in [0.1, 0.15) is 10.8 Å². The lowest BCUT2D eigenvalue weighted by molar-refractivity contribution is 0.602. The molecule has 0 saturated carbocycles. The second-order valence-electron chi connectivity index (χ2n) is 3.48. The first kappa shape index (κ1) is 12.5. The van der Waals surface area contributed by atoms with Crippen LogP contribution in [0.5, 0.6) is 0 Å². The molecule has 2 aromatic rings. The third-order valence-corrected chi connectivity index (χ3v) is 4.29. The van der Waals surface area contributed by atoms with Gasteiger partial charge in [0.25, 0.3) is 0 Å². The van der Waals surface area contributed by atoms with Gasteiger partial charge in [0.2, 0.25) is 0 Å². The number of halogens is 1. The Hall–Kier alpha value is -0.910. The summed E-state index contributed by atoms with van der Waals surface area (Å²) in [6.45, 7) is 0.779. The number of rotatable bonds is 5. The van der Waals surface area contributed by atoms with Crippen molar-refractivity contribution in [1.29, 1.82) is 0 Å². The summed E-state index contributed by atoms with van der Waals surface area (Å²) in [5.41, 5.74) is 1.04. The Kier molecular flexibility index (Phi) is 4.53. The van der Waals surface area contributed by atoms with Gasteiger partial charge in [-0.1, -0.05) is 12.1 Å². The molecule has 0 unspecified atom stereocenters. The van der Waals surface area contributed by atoms with Crippen LogP contribution in [0.15, 0.2) is 34.5 Å². The molecule has 0 radical (unpaired) electrons. The largest absolute Gasteiger partial charge is 0.314 e. The van der Waals surface area contributed by atoms with Crippen LogP contribution in [0.4, 0.5) is 4.39 Å². The molecule has 0 atom stereocenters. The Morgan fingerprint density at radius 3 is 3.00 bits per heavy atom. The molecule has 5 heteroatoms. The number of thioether (sulfide) groups is 1. The number of hydrogen-bond acceptors (Lipinski definition) is 4. The number of nitrogens with zero attached hydrogens (tertiary/aromatic N) is 1. The molecular weight excluding hydrogens is 255 g/mol. The SMILES string of the molecule is CNCc1csc(CSc2ccccc2F)n1. The van der Waals surface area contributed by atoms with Crippen LogP contribution in [0.1, 0.15) is 10.7 Å². The molecule has 2 rings (SSSR count). The van der Waals surface area contributed by atoms with Gasteiger partial charge in [-0.25, -0.2) is 9.37 Å². The van der Waals surface area contributed by atoms with Gasteiger partial charge in [-0.15, -0.1) is 23.1 Å². The van der Waals surface area contributed by atoms with Crippen LogP contribution in [0.25, 0.3) is 0 Å². The molecule has 1 N–H and O–H groups in total. The average Bonchev–Trinajstić information content (AvgIpc) is 2.76. The average molecular weight is 268 g/mol. The van der Waals surface area contributed by atoms with Gasteiger partial charge in [-0.05, 0) is 19.2 Å². The van der Waals surface area contributed by atoms with E-state index in [0.29, 0.717) is 4.90 Å². The van der Waals surface area contributed by atoms with Gasteiger partial charge in [0.05, 0.1) is 11.4 Å². The summed E-state index contributed by atoms with van der Waals surface area (Å²) in [6, 6.07) is 6.83. The topological polar surface area (TPSA) is 24.9 Å². The molecule has 0 fully saturated rings. The first-order chi connectivity index (χ1) is 8.29. The van der Waals surface area contributed by atoms with E-state index in [4.69, 9.17) is 0 Å². The molecule has 0 aliphatic rings. The van der Waals surface area contributed by atoms with Crippen molar-refractivity contribution < 1.29 is 4.39 Å². The summed E-state index contributed by atoms with van der Waals surface area (Å²) in [4.78, 5) is 5.14. The molecule has 1 aromatic heterocycles. The molecule has 17 heavy (non-hydrogen) atoms. The minimum atomic E-state index is -0.162. The van der Waals surface area contributed by atoms with E-state index in [0.717, 1.165) is 23.0 Å². The number of aromatic nitrogens is 1. The highest BCUT2D eigenvalue weighted by atomic mass is 32.2. The number of benzene rings is 1. The van der Waals surface area contributed by atoms with E-state index < -0.39 is 0 Å². The zero-order chi connectivity index (χ0) is 12.1. The predicted molar refractivity (Wildman–Crippen MR) is 70.8 cm³/mol. The monoisotopic (exact) mass is 268 g/mol. The second kappa shape index (κ2) is 6.14. The van der Waals surface area contributed by atoms with Crippen LogP contribution >= 0.6 is 23.1 Å². The number of hydrogen-bond donors (Lipinski definition) is 1. The Balaban J connectivity index is 1.95. The fourth-order valence-electron chi connectivity index (χ4n) is 1.38. The van der Waals surface area contributed by atoms with E-state index >= 15 is 0 Å². The minimum absolute atomic E-state index is 0.162. The van der Waals surface area contributed by atoms with Crippen molar-refractivity contribution in [3.05, 3.63) is 46.2 Å². The molecule has 90 valence electrons. The Labute approximate surface area is 108 Å². The molecule has 0 bridgehead atoms. The van der Waals surface area contributed by atoms with E-state index in [9.17, 15) is 4.39 Å². The summed E-state index contributed by atoms with van der Waals surface area (Å²) in [5, 5.41) is 6.12. The van der Waals surface area contributed by atoms with Crippen LogP contribution < -0.4 is 5.32 Å². The normalized spacial score (nSPS) is 10.7. The van der Waals surface area contributed by atoms with E-state index in [-0.39, 0.29) is 5.82 Å². The lowest BCUT2D eigenvalue weighted by Crippen LogP contribution is -2.05. The molecule has 0 amide bonds. The summed E-state index contributed by atoms with van der Waals surface area (Å²) in [7, 11) is 1.90. The molecule has 1 heterocycles. The first-order valence-corrected chi connectivity index (χ1v) is 7.11. The van der Waals surface area contributed by atoms with E-state index in [1.165, 1.54) is 17.8 Å². The van der Waals surface area contributed by atoms with Crippen LogP contribution in [0.3, 0.4) is 0 Å². The third kappa shape index (κ3) is 3.52. The molecule has 1 aromatic carbocycles. The highest BCUT2D eigenvalue weighted by Crippen LogP contribution is 2.26. The summed E-state index contributed by atoms with van der Waals surface area (Å²) < 4.78 is 13.4. The molecule has 0 spiro atoms. The van der Waals surface area contributed by atoms with Crippen LogP contribution in [-0.4, -0.2) is 12.0 Å².